The zero-order chi connectivity index (χ0) is 11.7. The van der Waals surface area contributed by atoms with Crippen LogP contribution < -0.4 is 0 Å². The van der Waals surface area contributed by atoms with Crippen LogP contribution in [0.3, 0.4) is 0 Å². The first-order valence-corrected chi connectivity index (χ1v) is 4.45. The van der Waals surface area contributed by atoms with Crippen molar-refractivity contribution in [3.05, 3.63) is 47.8 Å². The van der Waals surface area contributed by atoms with E-state index in [0.29, 0.717) is 0 Å². The van der Waals surface area contributed by atoms with Gasteiger partial charge >= 0.3 is 5.97 Å². The van der Waals surface area contributed by atoms with Crippen molar-refractivity contribution in [2.75, 3.05) is 0 Å². The summed E-state index contributed by atoms with van der Waals surface area (Å²) < 4.78 is 26.4. The van der Waals surface area contributed by atoms with Crippen LogP contribution in [0.2, 0.25) is 0 Å². The lowest BCUT2D eigenvalue weighted by Crippen LogP contribution is -1.97. The molecule has 0 bridgehead atoms. The predicted octanol–water partition coefficient (Wildman–Crippen LogP) is 2.66. The van der Waals surface area contributed by atoms with Crippen LogP contribution in [0.1, 0.15) is 10.4 Å². The van der Waals surface area contributed by atoms with Crippen molar-refractivity contribution >= 4 is 5.97 Å². The highest BCUT2D eigenvalue weighted by molar-refractivity contribution is 5.95. The molecule has 0 aliphatic heterocycles. The van der Waals surface area contributed by atoms with Crippen molar-refractivity contribution < 1.29 is 18.7 Å². The molecular weight excluding hydrogens is 216 g/mol. The number of hydrogen-bond donors (Lipinski definition) is 2. The maximum Gasteiger partial charge on any atom is 0.337 e. The molecule has 2 rings (SSSR count). The molecule has 0 aliphatic carbocycles. The highest BCUT2D eigenvalue weighted by Crippen LogP contribution is 2.27. The molecule has 1 aromatic heterocycles. The van der Waals surface area contributed by atoms with Gasteiger partial charge in [-0.25, -0.2) is 13.6 Å². The van der Waals surface area contributed by atoms with Crippen molar-refractivity contribution in [3.63, 3.8) is 0 Å². The third kappa shape index (κ3) is 1.56. The number of carbonyl (C=O) groups is 1. The molecule has 0 saturated carbocycles. The van der Waals surface area contributed by atoms with Crippen molar-refractivity contribution in [3.8, 4) is 11.1 Å². The Labute approximate surface area is 89.3 Å². The lowest BCUT2D eigenvalue weighted by Gasteiger charge is -2.02. The number of hydrogen-bond acceptors (Lipinski definition) is 1. The number of carboxylic acid groups (broad SMARTS) is 1. The van der Waals surface area contributed by atoms with Gasteiger partial charge in [0, 0.05) is 23.5 Å². The van der Waals surface area contributed by atoms with Gasteiger partial charge in [-0.2, -0.15) is 0 Å². The average Bonchev–Trinajstić information content (AvgIpc) is 2.70. The zero-order valence-electron chi connectivity index (χ0n) is 8.00. The third-order valence-corrected chi connectivity index (χ3v) is 2.22. The molecule has 0 fully saturated rings. The SMILES string of the molecule is O=C(O)c1c[nH]cc1-c1cccc(F)c1F. The number of aromatic nitrogens is 1. The standard InChI is InChI=1S/C11H7F2NO2/c12-9-3-1-2-6(10(9)13)7-4-14-5-8(7)11(15)16/h1-5,14H,(H,15,16). The first kappa shape index (κ1) is 10.4. The fourth-order valence-corrected chi connectivity index (χ4v) is 1.48. The van der Waals surface area contributed by atoms with Crippen LogP contribution in [0.4, 0.5) is 8.78 Å². The minimum absolute atomic E-state index is 0.0707. The molecule has 0 spiro atoms. The lowest BCUT2D eigenvalue weighted by atomic mass is 10.0. The van der Waals surface area contributed by atoms with E-state index in [1.807, 2.05) is 0 Å². The van der Waals surface area contributed by atoms with Crippen LogP contribution in [0.5, 0.6) is 0 Å². The summed E-state index contributed by atoms with van der Waals surface area (Å²) in [4.78, 5) is 13.4. The molecule has 0 atom stereocenters. The summed E-state index contributed by atoms with van der Waals surface area (Å²) in [5.74, 6) is -3.25. The molecule has 3 nitrogen and oxygen atoms in total. The van der Waals surface area contributed by atoms with Gasteiger partial charge in [-0.05, 0) is 6.07 Å². The van der Waals surface area contributed by atoms with Crippen molar-refractivity contribution in [1.29, 1.82) is 0 Å². The van der Waals surface area contributed by atoms with Crippen molar-refractivity contribution in [1.82, 2.24) is 4.98 Å². The summed E-state index contributed by atoms with van der Waals surface area (Å²) in [6.07, 6.45) is 2.54. The molecule has 0 aliphatic rings. The average molecular weight is 223 g/mol. The summed E-state index contributed by atoms with van der Waals surface area (Å²) in [5, 5.41) is 8.84. The topological polar surface area (TPSA) is 53.1 Å². The molecule has 5 heteroatoms. The number of rotatable bonds is 2. The molecule has 0 radical (unpaired) electrons. The molecular formula is C11H7F2NO2. The summed E-state index contributed by atoms with van der Waals surface area (Å²) >= 11 is 0. The number of halogens is 2. The first-order chi connectivity index (χ1) is 7.61. The van der Waals surface area contributed by atoms with Gasteiger partial charge in [0.1, 0.15) is 0 Å². The van der Waals surface area contributed by atoms with Gasteiger partial charge in [0.25, 0.3) is 0 Å². The van der Waals surface area contributed by atoms with Crippen LogP contribution in [0.15, 0.2) is 30.6 Å². The second-order valence-corrected chi connectivity index (χ2v) is 3.19. The van der Waals surface area contributed by atoms with Gasteiger partial charge < -0.3 is 10.1 Å². The van der Waals surface area contributed by atoms with Gasteiger partial charge in [0.05, 0.1) is 5.56 Å². The van der Waals surface area contributed by atoms with E-state index in [1.165, 1.54) is 24.5 Å². The highest BCUT2D eigenvalue weighted by atomic mass is 19.2. The first-order valence-electron chi connectivity index (χ1n) is 4.45. The van der Waals surface area contributed by atoms with E-state index in [-0.39, 0.29) is 16.7 Å². The fraction of sp³-hybridized carbons (Fsp3) is 0. The Bertz CT molecular complexity index is 549. The minimum Gasteiger partial charge on any atom is -0.478 e. The number of H-pyrrole nitrogens is 1. The number of nitrogens with one attached hydrogen (secondary N) is 1. The Morgan fingerprint density at radius 3 is 2.62 bits per heavy atom. The van der Waals surface area contributed by atoms with Gasteiger partial charge in [0.2, 0.25) is 0 Å². The number of carboxylic acids is 1. The van der Waals surface area contributed by atoms with Crippen LogP contribution >= 0.6 is 0 Å². The molecule has 2 aromatic rings. The molecule has 2 N–H and O–H groups in total. The van der Waals surface area contributed by atoms with E-state index in [0.717, 1.165) is 6.07 Å². The van der Waals surface area contributed by atoms with Crippen LogP contribution in [-0.4, -0.2) is 16.1 Å². The largest absolute Gasteiger partial charge is 0.478 e. The van der Waals surface area contributed by atoms with E-state index in [1.54, 1.807) is 0 Å². The highest BCUT2D eigenvalue weighted by Gasteiger charge is 2.17. The van der Waals surface area contributed by atoms with Crippen LogP contribution in [0, 0.1) is 11.6 Å². The molecule has 82 valence electrons. The summed E-state index contributed by atoms with van der Waals surface area (Å²) in [6, 6.07) is 3.63. The fourth-order valence-electron chi connectivity index (χ4n) is 1.48. The molecule has 1 aromatic carbocycles. The van der Waals surface area contributed by atoms with E-state index < -0.39 is 17.6 Å². The Kier molecular flexibility index (Phi) is 2.44. The van der Waals surface area contributed by atoms with E-state index in [4.69, 9.17) is 5.11 Å². The zero-order valence-corrected chi connectivity index (χ0v) is 8.00. The summed E-state index contributed by atoms with van der Waals surface area (Å²) in [7, 11) is 0. The molecule has 0 unspecified atom stereocenters. The van der Waals surface area contributed by atoms with Gasteiger partial charge in [-0.3, -0.25) is 0 Å². The Morgan fingerprint density at radius 1 is 1.19 bits per heavy atom. The third-order valence-electron chi connectivity index (χ3n) is 2.22. The monoisotopic (exact) mass is 223 g/mol. The maximum atomic E-state index is 13.4. The Morgan fingerprint density at radius 2 is 1.94 bits per heavy atom. The molecule has 0 saturated heterocycles. The molecule has 0 amide bonds. The minimum atomic E-state index is -1.19. The number of aromatic amines is 1. The van der Waals surface area contributed by atoms with Gasteiger partial charge in [-0.1, -0.05) is 12.1 Å². The van der Waals surface area contributed by atoms with Crippen LogP contribution in [0.25, 0.3) is 11.1 Å². The second-order valence-electron chi connectivity index (χ2n) is 3.19. The van der Waals surface area contributed by atoms with Crippen molar-refractivity contribution in [2.24, 2.45) is 0 Å². The normalized spacial score (nSPS) is 10.4. The van der Waals surface area contributed by atoms with Gasteiger partial charge in [0.15, 0.2) is 11.6 Å². The van der Waals surface area contributed by atoms with E-state index in [9.17, 15) is 13.6 Å². The Hall–Kier alpha value is -2.17. The second kappa shape index (κ2) is 3.77. The summed E-state index contributed by atoms with van der Waals surface area (Å²) in [5.41, 5.74) is -0.0346. The van der Waals surface area contributed by atoms with E-state index in [2.05, 4.69) is 4.98 Å². The van der Waals surface area contributed by atoms with Crippen LogP contribution in [-0.2, 0) is 0 Å². The van der Waals surface area contributed by atoms with Gasteiger partial charge in [-0.15, -0.1) is 0 Å². The summed E-state index contributed by atoms with van der Waals surface area (Å²) in [6.45, 7) is 0. The number of benzene rings is 1. The predicted molar refractivity (Wildman–Crippen MR) is 53.1 cm³/mol. The quantitative estimate of drug-likeness (QED) is 0.822. The number of aromatic carboxylic acids is 1. The smallest absolute Gasteiger partial charge is 0.337 e. The van der Waals surface area contributed by atoms with E-state index >= 15 is 0 Å². The molecule has 16 heavy (non-hydrogen) atoms. The molecule has 1 heterocycles. The Balaban J connectivity index is 2.63. The maximum absolute atomic E-state index is 13.4. The van der Waals surface area contributed by atoms with Crippen molar-refractivity contribution in [2.45, 2.75) is 0 Å². The lowest BCUT2D eigenvalue weighted by molar-refractivity contribution is 0.0698.